The normalized spacial score (nSPS) is 16.7. The minimum absolute atomic E-state index is 0.194. The van der Waals surface area contributed by atoms with Crippen LogP contribution >= 0.6 is 0 Å². The van der Waals surface area contributed by atoms with Gasteiger partial charge < -0.3 is 9.47 Å². The van der Waals surface area contributed by atoms with Crippen LogP contribution in [0.25, 0.3) is 33.9 Å². The standard InChI is InChI=1S/C22H27FN8O2/c1-6-30-19(17(23)13(2)27-30)20-26-21(29(5)28-20)18-15-9-25-31(16(15)7-8-24-18)10-14-11-32-22(3,4)33-12-14/h7-9,14H,6,10-12H2,1-5H3. The number of halogens is 1. The molecule has 0 aliphatic carbocycles. The van der Waals surface area contributed by atoms with Crippen LogP contribution in [0.2, 0.25) is 0 Å². The second-order valence-corrected chi connectivity index (χ2v) is 8.75. The first-order valence-electron chi connectivity index (χ1n) is 11.0. The van der Waals surface area contributed by atoms with Crippen molar-refractivity contribution >= 4 is 10.9 Å². The highest BCUT2D eigenvalue weighted by Gasteiger charge is 2.29. The first-order chi connectivity index (χ1) is 15.8. The second-order valence-electron chi connectivity index (χ2n) is 8.75. The van der Waals surface area contributed by atoms with Crippen molar-refractivity contribution in [3.63, 3.8) is 0 Å². The molecule has 1 aliphatic rings. The van der Waals surface area contributed by atoms with E-state index in [9.17, 15) is 4.39 Å². The molecular weight excluding hydrogens is 427 g/mol. The van der Waals surface area contributed by atoms with Gasteiger partial charge in [-0.25, -0.2) is 14.1 Å². The first-order valence-corrected chi connectivity index (χ1v) is 11.0. The number of fused-ring (bicyclic) bond motifs is 1. The molecule has 5 heterocycles. The maximum absolute atomic E-state index is 14.7. The zero-order valence-electron chi connectivity index (χ0n) is 19.4. The number of hydrogen-bond donors (Lipinski definition) is 0. The van der Waals surface area contributed by atoms with Gasteiger partial charge in [0.2, 0.25) is 5.82 Å². The van der Waals surface area contributed by atoms with E-state index in [2.05, 4.69) is 25.3 Å². The third-order valence-electron chi connectivity index (χ3n) is 5.88. The van der Waals surface area contributed by atoms with E-state index in [1.54, 1.807) is 35.7 Å². The Balaban J connectivity index is 1.49. The Labute approximate surface area is 190 Å². The fourth-order valence-corrected chi connectivity index (χ4v) is 4.10. The van der Waals surface area contributed by atoms with Crippen LogP contribution in [-0.4, -0.2) is 58.3 Å². The molecule has 33 heavy (non-hydrogen) atoms. The molecule has 1 aliphatic heterocycles. The summed E-state index contributed by atoms with van der Waals surface area (Å²) in [6, 6.07) is 1.92. The number of pyridine rings is 1. The molecule has 4 aromatic heterocycles. The van der Waals surface area contributed by atoms with Crippen molar-refractivity contribution in [3.8, 4) is 23.0 Å². The fraction of sp³-hybridized carbons (Fsp3) is 0.500. The molecule has 0 unspecified atom stereocenters. The molecule has 0 spiro atoms. The summed E-state index contributed by atoms with van der Waals surface area (Å²) >= 11 is 0. The largest absolute Gasteiger partial charge is 0.350 e. The van der Waals surface area contributed by atoms with Crippen LogP contribution in [0.5, 0.6) is 0 Å². The van der Waals surface area contributed by atoms with Gasteiger partial charge in [-0.15, -0.1) is 5.10 Å². The Morgan fingerprint density at radius 1 is 1.18 bits per heavy atom. The molecule has 1 saturated heterocycles. The molecule has 5 rings (SSSR count). The average molecular weight is 455 g/mol. The maximum atomic E-state index is 14.7. The summed E-state index contributed by atoms with van der Waals surface area (Å²) in [4.78, 5) is 9.19. The van der Waals surface area contributed by atoms with Crippen molar-refractivity contribution < 1.29 is 13.9 Å². The van der Waals surface area contributed by atoms with Gasteiger partial charge in [0.05, 0.1) is 30.6 Å². The van der Waals surface area contributed by atoms with Crippen molar-refractivity contribution in [2.45, 2.75) is 46.6 Å². The van der Waals surface area contributed by atoms with E-state index in [1.165, 1.54) is 0 Å². The van der Waals surface area contributed by atoms with Gasteiger partial charge in [-0.05, 0) is 33.8 Å². The summed E-state index contributed by atoms with van der Waals surface area (Å²) in [7, 11) is 1.77. The zero-order chi connectivity index (χ0) is 23.3. The predicted octanol–water partition coefficient (Wildman–Crippen LogP) is 2.96. The van der Waals surface area contributed by atoms with E-state index >= 15 is 0 Å². The minimum Gasteiger partial charge on any atom is -0.350 e. The summed E-state index contributed by atoms with van der Waals surface area (Å²) in [5.74, 6) is 0.0427. The fourth-order valence-electron chi connectivity index (χ4n) is 4.10. The molecule has 0 saturated carbocycles. The number of nitrogens with zero attached hydrogens (tertiary/aromatic N) is 8. The monoisotopic (exact) mass is 454 g/mol. The van der Waals surface area contributed by atoms with Gasteiger partial charge in [0.25, 0.3) is 0 Å². The van der Waals surface area contributed by atoms with E-state index in [0.29, 0.717) is 43.5 Å². The van der Waals surface area contributed by atoms with E-state index in [4.69, 9.17) is 9.47 Å². The van der Waals surface area contributed by atoms with Crippen molar-refractivity contribution in [2.24, 2.45) is 13.0 Å². The van der Waals surface area contributed by atoms with E-state index < -0.39 is 11.6 Å². The lowest BCUT2D eigenvalue weighted by Gasteiger charge is -2.34. The van der Waals surface area contributed by atoms with Gasteiger partial charge in [0.1, 0.15) is 11.4 Å². The molecule has 1 fully saturated rings. The second kappa shape index (κ2) is 7.99. The maximum Gasteiger partial charge on any atom is 0.203 e. The van der Waals surface area contributed by atoms with Crippen LogP contribution in [0.4, 0.5) is 4.39 Å². The number of aromatic nitrogens is 8. The quantitative estimate of drug-likeness (QED) is 0.457. The van der Waals surface area contributed by atoms with Gasteiger partial charge in [-0.3, -0.25) is 14.3 Å². The SMILES string of the molecule is CCn1nc(C)c(F)c1-c1nc(-c2nccc3c2cnn3CC2COC(C)(C)OC2)n(C)n1. The lowest BCUT2D eigenvalue weighted by Crippen LogP contribution is -2.40. The van der Waals surface area contributed by atoms with Crippen LogP contribution in [0.15, 0.2) is 18.5 Å². The van der Waals surface area contributed by atoms with Crippen LogP contribution in [0.1, 0.15) is 26.5 Å². The van der Waals surface area contributed by atoms with Crippen LogP contribution in [0.3, 0.4) is 0 Å². The van der Waals surface area contributed by atoms with Crippen LogP contribution in [-0.2, 0) is 29.6 Å². The highest BCUT2D eigenvalue weighted by atomic mass is 19.1. The van der Waals surface area contributed by atoms with E-state index in [-0.39, 0.29) is 17.4 Å². The zero-order valence-corrected chi connectivity index (χ0v) is 19.4. The molecule has 11 heteroatoms. The van der Waals surface area contributed by atoms with E-state index in [0.717, 1.165) is 10.9 Å². The number of ether oxygens (including phenoxy) is 2. The molecule has 0 amide bonds. The molecule has 174 valence electrons. The summed E-state index contributed by atoms with van der Waals surface area (Å²) < 4.78 is 31.4. The molecule has 0 bridgehead atoms. The molecule has 10 nitrogen and oxygen atoms in total. The van der Waals surface area contributed by atoms with Gasteiger partial charge in [0.15, 0.2) is 17.4 Å². The third-order valence-corrected chi connectivity index (χ3v) is 5.88. The number of rotatable bonds is 5. The smallest absolute Gasteiger partial charge is 0.203 e. The molecule has 0 N–H and O–H groups in total. The van der Waals surface area contributed by atoms with Crippen LogP contribution < -0.4 is 0 Å². The summed E-state index contributed by atoms with van der Waals surface area (Å²) in [6.45, 7) is 9.76. The van der Waals surface area contributed by atoms with Crippen LogP contribution in [0, 0.1) is 18.7 Å². The van der Waals surface area contributed by atoms with Gasteiger partial charge in [-0.1, -0.05) is 0 Å². The molecule has 0 aromatic carbocycles. The van der Waals surface area contributed by atoms with Crippen molar-refractivity contribution in [2.75, 3.05) is 13.2 Å². The Morgan fingerprint density at radius 2 is 1.94 bits per heavy atom. The Kier molecular flexibility index (Phi) is 5.25. The number of aryl methyl sites for hydroxylation is 3. The highest BCUT2D eigenvalue weighted by Crippen LogP contribution is 2.29. The van der Waals surface area contributed by atoms with Crippen molar-refractivity contribution in [1.29, 1.82) is 0 Å². The minimum atomic E-state index is -0.548. The number of hydrogen-bond acceptors (Lipinski definition) is 7. The Hall–Kier alpha value is -3.18. The average Bonchev–Trinajstić information content (AvgIpc) is 3.45. The summed E-state index contributed by atoms with van der Waals surface area (Å²) in [5, 5.41) is 14.1. The van der Waals surface area contributed by atoms with Gasteiger partial charge >= 0.3 is 0 Å². The first kappa shape index (κ1) is 21.7. The summed E-state index contributed by atoms with van der Waals surface area (Å²) in [5.41, 5.74) is 2.16. The van der Waals surface area contributed by atoms with E-state index in [1.807, 2.05) is 31.5 Å². The summed E-state index contributed by atoms with van der Waals surface area (Å²) in [6.07, 6.45) is 3.50. The molecular formula is C22H27FN8O2. The van der Waals surface area contributed by atoms with Crippen molar-refractivity contribution in [1.82, 2.24) is 39.3 Å². The lowest BCUT2D eigenvalue weighted by atomic mass is 10.1. The molecule has 4 aromatic rings. The molecule has 0 atom stereocenters. The highest BCUT2D eigenvalue weighted by molar-refractivity contribution is 5.90. The molecule has 0 radical (unpaired) electrons. The lowest BCUT2D eigenvalue weighted by molar-refractivity contribution is -0.263. The third kappa shape index (κ3) is 3.80. The van der Waals surface area contributed by atoms with Crippen molar-refractivity contribution in [3.05, 3.63) is 30.0 Å². The predicted molar refractivity (Wildman–Crippen MR) is 119 cm³/mol. The van der Waals surface area contributed by atoms with Gasteiger partial charge in [-0.2, -0.15) is 10.2 Å². The Bertz CT molecular complexity index is 1310. The Morgan fingerprint density at radius 3 is 2.67 bits per heavy atom. The van der Waals surface area contributed by atoms with Gasteiger partial charge in [0, 0.05) is 37.6 Å². The topological polar surface area (TPSA) is 97.7 Å².